The number of nitrogens with one attached hydrogen (secondary N) is 1. The Morgan fingerprint density at radius 2 is 1.79 bits per heavy atom. The summed E-state index contributed by atoms with van der Waals surface area (Å²) in [4.78, 5) is 12.9. The van der Waals surface area contributed by atoms with Crippen LogP contribution in [0.15, 0.2) is 51.8 Å². The number of rotatable bonds is 6. The second-order valence-electron chi connectivity index (χ2n) is 8.07. The maximum Gasteiger partial charge on any atom is 0.322 e. The predicted octanol–water partition coefficient (Wildman–Crippen LogP) is 3.40. The third kappa shape index (κ3) is 4.91. The first-order valence-electron chi connectivity index (χ1n) is 10.6. The van der Waals surface area contributed by atoms with Gasteiger partial charge in [0.1, 0.15) is 5.75 Å². The quantitative estimate of drug-likeness (QED) is 0.587. The van der Waals surface area contributed by atoms with E-state index >= 15 is 0 Å². The zero-order chi connectivity index (χ0) is 23.6. The number of benzene rings is 2. The fourth-order valence-corrected chi connectivity index (χ4v) is 5.37. The van der Waals surface area contributed by atoms with E-state index in [-0.39, 0.29) is 35.8 Å². The molecule has 1 fully saturated rings. The van der Waals surface area contributed by atoms with Crippen LogP contribution in [0.5, 0.6) is 5.75 Å². The Bertz CT molecular complexity index is 1250. The Morgan fingerprint density at radius 1 is 1.09 bits per heavy atom. The first kappa shape index (κ1) is 22.9. The van der Waals surface area contributed by atoms with Crippen molar-refractivity contribution in [3.05, 3.63) is 53.6 Å². The molecule has 4 rings (SSSR count). The molecule has 2 heterocycles. The summed E-state index contributed by atoms with van der Waals surface area (Å²) < 4.78 is 37.9. The van der Waals surface area contributed by atoms with Gasteiger partial charge in [0.25, 0.3) is 0 Å². The third-order valence-corrected chi connectivity index (χ3v) is 7.70. The summed E-state index contributed by atoms with van der Waals surface area (Å²) >= 11 is 0. The summed E-state index contributed by atoms with van der Waals surface area (Å²) in [6.07, 6.45) is 0.804. The predicted molar refractivity (Wildman–Crippen MR) is 122 cm³/mol. The van der Waals surface area contributed by atoms with Crippen LogP contribution in [0.4, 0.5) is 6.01 Å². The normalized spacial score (nSPS) is 15.4. The van der Waals surface area contributed by atoms with Gasteiger partial charge in [-0.1, -0.05) is 22.8 Å². The van der Waals surface area contributed by atoms with Gasteiger partial charge in [-0.05, 0) is 62.6 Å². The molecule has 0 atom stereocenters. The van der Waals surface area contributed by atoms with Crippen LogP contribution in [0.2, 0.25) is 0 Å². The van der Waals surface area contributed by atoms with Crippen molar-refractivity contribution in [2.45, 2.75) is 31.6 Å². The Labute approximate surface area is 192 Å². The summed E-state index contributed by atoms with van der Waals surface area (Å²) in [5.74, 6) is 0.324. The van der Waals surface area contributed by atoms with Crippen LogP contribution in [0, 0.1) is 19.8 Å². The molecule has 1 aromatic heterocycles. The van der Waals surface area contributed by atoms with Crippen molar-refractivity contribution in [2.24, 2.45) is 5.92 Å². The van der Waals surface area contributed by atoms with Crippen LogP contribution < -0.4 is 10.1 Å². The molecule has 174 valence electrons. The van der Waals surface area contributed by atoms with Gasteiger partial charge in [0, 0.05) is 24.6 Å². The van der Waals surface area contributed by atoms with Crippen LogP contribution in [-0.4, -0.2) is 49.0 Å². The standard InChI is InChI=1S/C23H26N4O5S/c1-15-4-9-20(16(2)14-15)22-25-26-23(32-22)24-21(28)17-10-12-27(13-11-17)33(29,30)19-7-5-18(31-3)6-8-19/h4-9,14,17H,10-13H2,1-3H3,(H,24,26,28). The topological polar surface area (TPSA) is 115 Å². The first-order chi connectivity index (χ1) is 15.8. The maximum atomic E-state index is 12.9. The highest BCUT2D eigenvalue weighted by molar-refractivity contribution is 7.89. The fourth-order valence-electron chi connectivity index (χ4n) is 3.90. The molecule has 1 amide bonds. The lowest BCUT2D eigenvalue weighted by Gasteiger charge is -2.30. The molecule has 2 aromatic carbocycles. The minimum atomic E-state index is -3.62. The molecule has 0 unspecified atom stereocenters. The van der Waals surface area contributed by atoms with Gasteiger partial charge in [-0.15, -0.1) is 5.10 Å². The van der Waals surface area contributed by atoms with Crippen molar-refractivity contribution in [3.8, 4) is 17.2 Å². The number of carbonyl (C=O) groups excluding carboxylic acids is 1. The van der Waals surface area contributed by atoms with Crippen molar-refractivity contribution in [1.82, 2.24) is 14.5 Å². The van der Waals surface area contributed by atoms with Gasteiger partial charge in [-0.3, -0.25) is 10.1 Å². The number of amides is 1. The number of nitrogens with zero attached hydrogens (tertiary/aromatic N) is 3. The molecule has 3 aromatic rings. The third-order valence-electron chi connectivity index (χ3n) is 5.79. The summed E-state index contributed by atoms with van der Waals surface area (Å²) in [5, 5.41) is 10.6. The van der Waals surface area contributed by atoms with E-state index in [4.69, 9.17) is 9.15 Å². The highest BCUT2D eigenvalue weighted by Crippen LogP contribution is 2.27. The lowest BCUT2D eigenvalue weighted by Crippen LogP contribution is -2.41. The smallest absolute Gasteiger partial charge is 0.322 e. The summed E-state index contributed by atoms with van der Waals surface area (Å²) in [7, 11) is -2.10. The number of hydrogen-bond acceptors (Lipinski definition) is 7. The fraction of sp³-hybridized carbons (Fsp3) is 0.348. The molecule has 9 nitrogen and oxygen atoms in total. The zero-order valence-corrected chi connectivity index (χ0v) is 19.6. The van der Waals surface area contributed by atoms with Gasteiger partial charge >= 0.3 is 6.01 Å². The van der Waals surface area contributed by atoms with Crippen LogP contribution in [0.3, 0.4) is 0 Å². The Balaban J connectivity index is 1.36. The molecule has 0 radical (unpaired) electrons. The molecule has 1 aliphatic heterocycles. The molecule has 0 saturated carbocycles. The minimum Gasteiger partial charge on any atom is -0.497 e. The number of ether oxygens (including phenoxy) is 1. The van der Waals surface area contributed by atoms with Gasteiger partial charge in [0.2, 0.25) is 21.8 Å². The van der Waals surface area contributed by atoms with Crippen molar-refractivity contribution in [1.29, 1.82) is 0 Å². The van der Waals surface area contributed by atoms with Gasteiger partial charge in [0.05, 0.1) is 12.0 Å². The molecular weight excluding hydrogens is 444 g/mol. The molecule has 0 bridgehead atoms. The number of sulfonamides is 1. The highest BCUT2D eigenvalue weighted by atomic mass is 32.2. The molecule has 0 aliphatic carbocycles. The maximum absolute atomic E-state index is 12.9. The van der Waals surface area contributed by atoms with Gasteiger partial charge < -0.3 is 9.15 Å². The highest BCUT2D eigenvalue weighted by Gasteiger charge is 2.32. The molecule has 10 heteroatoms. The summed E-state index contributed by atoms with van der Waals surface area (Å²) in [5.41, 5.74) is 2.94. The van der Waals surface area contributed by atoms with Crippen LogP contribution >= 0.6 is 0 Å². The van der Waals surface area contributed by atoms with E-state index in [1.165, 1.54) is 23.5 Å². The number of aryl methyl sites for hydroxylation is 2. The van der Waals surface area contributed by atoms with Crippen molar-refractivity contribution in [2.75, 3.05) is 25.5 Å². The van der Waals surface area contributed by atoms with E-state index < -0.39 is 10.0 Å². The number of carbonyl (C=O) groups is 1. The summed E-state index contributed by atoms with van der Waals surface area (Å²) in [6.45, 7) is 4.47. The Hall–Kier alpha value is -3.24. The molecule has 1 N–H and O–H groups in total. The van der Waals surface area contributed by atoms with E-state index in [1.54, 1.807) is 12.1 Å². The number of piperidine rings is 1. The van der Waals surface area contributed by atoms with E-state index in [0.29, 0.717) is 24.5 Å². The van der Waals surface area contributed by atoms with Gasteiger partial charge in [-0.2, -0.15) is 4.31 Å². The number of methoxy groups -OCH3 is 1. The average Bonchev–Trinajstić information content (AvgIpc) is 3.27. The largest absolute Gasteiger partial charge is 0.497 e. The van der Waals surface area contributed by atoms with E-state index in [1.807, 2.05) is 32.0 Å². The molecule has 0 spiro atoms. The second-order valence-corrected chi connectivity index (χ2v) is 10.0. The van der Waals surface area contributed by atoms with Gasteiger partial charge in [0.15, 0.2) is 0 Å². The van der Waals surface area contributed by atoms with Crippen LogP contribution in [-0.2, 0) is 14.8 Å². The number of anilines is 1. The van der Waals surface area contributed by atoms with E-state index in [2.05, 4.69) is 15.5 Å². The molecular formula is C23H26N4O5S. The zero-order valence-electron chi connectivity index (χ0n) is 18.7. The second kappa shape index (κ2) is 9.32. The monoisotopic (exact) mass is 470 g/mol. The minimum absolute atomic E-state index is 0.0308. The van der Waals surface area contributed by atoms with Crippen molar-refractivity contribution in [3.63, 3.8) is 0 Å². The lowest BCUT2D eigenvalue weighted by atomic mass is 9.97. The van der Waals surface area contributed by atoms with Gasteiger partial charge in [-0.25, -0.2) is 8.42 Å². The van der Waals surface area contributed by atoms with E-state index in [9.17, 15) is 13.2 Å². The SMILES string of the molecule is COc1ccc(S(=O)(=O)N2CCC(C(=O)Nc3nnc(-c4ccc(C)cc4C)o3)CC2)cc1. The Kier molecular flexibility index (Phi) is 6.48. The summed E-state index contributed by atoms with van der Waals surface area (Å²) in [6, 6.07) is 12.2. The lowest BCUT2D eigenvalue weighted by molar-refractivity contribution is -0.121. The number of aromatic nitrogens is 2. The van der Waals surface area contributed by atoms with Crippen LogP contribution in [0.25, 0.3) is 11.5 Å². The molecule has 33 heavy (non-hydrogen) atoms. The first-order valence-corrected chi connectivity index (χ1v) is 12.1. The van der Waals surface area contributed by atoms with Crippen molar-refractivity contribution >= 4 is 21.9 Å². The van der Waals surface area contributed by atoms with Crippen LogP contribution in [0.1, 0.15) is 24.0 Å². The average molecular weight is 471 g/mol. The van der Waals surface area contributed by atoms with E-state index in [0.717, 1.165) is 16.7 Å². The molecule has 1 aliphatic rings. The number of hydrogen-bond donors (Lipinski definition) is 1. The molecule has 1 saturated heterocycles. The Morgan fingerprint density at radius 3 is 2.42 bits per heavy atom. The van der Waals surface area contributed by atoms with Crippen molar-refractivity contribution < 1.29 is 22.4 Å².